The Morgan fingerprint density at radius 3 is 2.76 bits per heavy atom. The summed E-state index contributed by atoms with van der Waals surface area (Å²) in [7, 11) is 1.57. The van der Waals surface area contributed by atoms with Crippen LogP contribution in [0.2, 0.25) is 0 Å². The fourth-order valence-electron chi connectivity index (χ4n) is 1.12. The van der Waals surface area contributed by atoms with Crippen molar-refractivity contribution in [1.29, 1.82) is 0 Å². The first kappa shape index (κ1) is 12.9. The minimum atomic E-state index is -0.893. The van der Waals surface area contributed by atoms with Crippen LogP contribution in [0.25, 0.3) is 0 Å². The maximum absolute atomic E-state index is 11.3. The molecule has 0 saturated heterocycles. The first-order chi connectivity index (χ1) is 7.97. The van der Waals surface area contributed by atoms with Crippen LogP contribution in [0.1, 0.15) is 13.3 Å². The monoisotopic (exact) mass is 242 g/mol. The zero-order chi connectivity index (χ0) is 12.8. The van der Waals surface area contributed by atoms with Crippen molar-refractivity contribution in [3.8, 4) is 0 Å². The Labute approximate surface area is 97.2 Å². The van der Waals surface area contributed by atoms with Gasteiger partial charge in [-0.15, -0.1) is 5.10 Å². The van der Waals surface area contributed by atoms with E-state index in [4.69, 9.17) is 5.11 Å². The SMILES string of the molecule is CC(CNC(=O)Nc1nnn(C)n1)CC(=O)O. The van der Waals surface area contributed by atoms with Crippen molar-refractivity contribution in [2.24, 2.45) is 13.0 Å². The second kappa shape index (κ2) is 5.77. The third kappa shape index (κ3) is 4.91. The van der Waals surface area contributed by atoms with Gasteiger partial charge in [0, 0.05) is 13.0 Å². The van der Waals surface area contributed by atoms with Crippen LogP contribution < -0.4 is 10.6 Å². The Hall–Kier alpha value is -2.19. The average molecular weight is 242 g/mol. The molecule has 1 atom stereocenters. The number of amides is 2. The highest BCUT2D eigenvalue weighted by Gasteiger charge is 2.10. The number of rotatable bonds is 5. The highest BCUT2D eigenvalue weighted by molar-refractivity contribution is 5.87. The molecule has 0 aliphatic heterocycles. The van der Waals surface area contributed by atoms with Crippen LogP contribution >= 0.6 is 0 Å². The second-order valence-electron chi connectivity index (χ2n) is 3.64. The normalized spacial score (nSPS) is 11.9. The molecule has 1 aromatic heterocycles. The summed E-state index contributed by atoms with van der Waals surface area (Å²) in [6.07, 6.45) is 0.00364. The average Bonchev–Trinajstić information content (AvgIpc) is 2.60. The number of hydrogen-bond donors (Lipinski definition) is 3. The molecule has 0 aliphatic rings. The third-order valence-electron chi connectivity index (χ3n) is 1.87. The molecule has 2 amide bonds. The minimum Gasteiger partial charge on any atom is -0.481 e. The van der Waals surface area contributed by atoms with Gasteiger partial charge in [-0.05, 0) is 11.1 Å². The summed E-state index contributed by atoms with van der Waals surface area (Å²) in [5.41, 5.74) is 0. The number of nitrogens with zero attached hydrogens (tertiary/aromatic N) is 4. The molecule has 0 radical (unpaired) electrons. The number of carboxylic acid groups (broad SMARTS) is 1. The van der Waals surface area contributed by atoms with Crippen LogP contribution in [0.4, 0.5) is 10.7 Å². The van der Waals surface area contributed by atoms with Gasteiger partial charge in [-0.25, -0.2) is 4.79 Å². The van der Waals surface area contributed by atoms with Crippen molar-refractivity contribution in [2.45, 2.75) is 13.3 Å². The largest absolute Gasteiger partial charge is 0.481 e. The van der Waals surface area contributed by atoms with E-state index in [0.29, 0.717) is 0 Å². The fourth-order valence-corrected chi connectivity index (χ4v) is 1.12. The van der Waals surface area contributed by atoms with Gasteiger partial charge >= 0.3 is 12.0 Å². The molecule has 0 bridgehead atoms. The van der Waals surface area contributed by atoms with Crippen LogP contribution in [0.15, 0.2) is 0 Å². The zero-order valence-electron chi connectivity index (χ0n) is 9.54. The summed E-state index contributed by atoms with van der Waals surface area (Å²) in [5, 5.41) is 24.3. The molecule has 9 nitrogen and oxygen atoms in total. The number of hydrogen-bond acceptors (Lipinski definition) is 5. The molecule has 1 rings (SSSR count). The van der Waals surface area contributed by atoms with Crippen LogP contribution in [0.5, 0.6) is 0 Å². The van der Waals surface area contributed by atoms with Gasteiger partial charge < -0.3 is 10.4 Å². The molecule has 0 spiro atoms. The topological polar surface area (TPSA) is 122 Å². The number of urea groups is 1. The summed E-state index contributed by atoms with van der Waals surface area (Å²) in [6.45, 7) is 1.99. The van der Waals surface area contributed by atoms with Crippen molar-refractivity contribution in [3.05, 3.63) is 0 Å². The molecule has 94 valence electrons. The van der Waals surface area contributed by atoms with Gasteiger partial charge in [0.25, 0.3) is 5.95 Å². The molecule has 9 heteroatoms. The predicted molar refractivity (Wildman–Crippen MR) is 57.2 cm³/mol. The molecule has 0 aliphatic carbocycles. The number of carbonyl (C=O) groups is 2. The van der Waals surface area contributed by atoms with E-state index in [1.807, 2.05) is 0 Å². The number of aliphatic carboxylic acids is 1. The highest BCUT2D eigenvalue weighted by Crippen LogP contribution is 1.99. The lowest BCUT2D eigenvalue weighted by atomic mass is 10.1. The summed E-state index contributed by atoms with van der Waals surface area (Å²) in [5.74, 6) is -0.945. The molecular formula is C8H14N6O3. The summed E-state index contributed by atoms with van der Waals surface area (Å²) < 4.78 is 0. The van der Waals surface area contributed by atoms with E-state index in [2.05, 4.69) is 26.0 Å². The van der Waals surface area contributed by atoms with Crippen LogP contribution in [0.3, 0.4) is 0 Å². The van der Waals surface area contributed by atoms with Crippen molar-refractivity contribution in [3.63, 3.8) is 0 Å². The maximum atomic E-state index is 11.3. The summed E-state index contributed by atoms with van der Waals surface area (Å²) in [4.78, 5) is 22.9. The van der Waals surface area contributed by atoms with Crippen LogP contribution in [-0.4, -0.2) is 43.9 Å². The quantitative estimate of drug-likeness (QED) is 0.636. The van der Waals surface area contributed by atoms with Gasteiger partial charge in [0.2, 0.25) is 0 Å². The summed E-state index contributed by atoms with van der Waals surface area (Å²) in [6, 6.07) is -0.491. The molecule has 0 aromatic carbocycles. The Balaban J connectivity index is 2.28. The molecule has 1 heterocycles. The Morgan fingerprint density at radius 1 is 1.53 bits per heavy atom. The van der Waals surface area contributed by atoms with E-state index in [1.54, 1.807) is 14.0 Å². The van der Waals surface area contributed by atoms with Gasteiger partial charge in [-0.1, -0.05) is 12.0 Å². The second-order valence-corrected chi connectivity index (χ2v) is 3.64. The molecule has 3 N–H and O–H groups in total. The Morgan fingerprint density at radius 2 is 2.24 bits per heavy atom. The van der Waals surface area contributed by atoms with Gasteiger partial charge in [0.15, 0.2) is 0 Å². The Bertz CT molecular complexity index is 404. The van der Waals surface area contributed by atoms with E-state index in [0.717, 1.165) is 0 Å². The van der Waals surface area contributed by atoms with Crippen LogP contribution in [0, 0.1) is 5.92 Å². The third-order valence-corrected chi connectivity index (χ3v) is 1.87. The number of nitrogens with one attached hydrogen (secondary N) is 2. The number of tetrazole rings is 1. The van der Waals surface area contributed by atoms with E-state index in [1.165, 1.54) is 4.80 Å². The minimum absolute atomic E-state index is 0.00364. The smallest absolute Gasteiger partial charge is 0.321 e. The zero-order valence-corrected chi connectivity index (χ0v) is 9.54. The lowest BCUT2D eigenvalue weighted by molar-refractivity contribution is -0.137. The van der Waals surface area contributed by atoms with Crippen molar-refractivity contribution in [2.75, 3.05) is 11.9 Å². The van der Waals surface area contributed by atoms with Crippen molar-refractivity contribution < 1.29 is 14.7 Å². The lowest BCUT2D eigenvalue weighted by Gasteiger charge is -2.09. The molecule has 1 unspecified atom stereocenters. The van der Waals surface area contributed by atoms with Gasteiger partial charge in [0.1, 0.15) is 0 Å². The van der Waals surface area contributed by atoms with E-state index in [9.17, 15) is 9.59 Å². The predicted octanol–water partition coefficient (Wildman–Crippen LogP) is -0.558. The maximum Gasteiger partial charge on any atom is 0.321 e. The standard InChI is InChI=1S/C8H14N6O3/c1-5(3-6(15)16)4-9-8(17)10-7-11-13-14(2)12-7/h5H,3-4H2,1-2H3,(H,15,16)(H2,9,10,12,17). The van der Waals surface area contributed by atoms with Gasteiger partial charge in [-0.3, -0.25) is 10.1 Å². The Kier molecular flexibility index (Phi) is 4.37. The number of aryl methyl sites for hydroxylation is 1. The number of anilines is 1. The molecule has 0 fully saturated rings. The first-order valence-electron chi connectivity index (χ1n) is 4.98. The number of aromatic nitrogens is 4. The molecule has 17 heavy (non-hydrogen) atoms. The van der Waals surface area contributed by atoms with Crippen molar-refractivity contribution in [1.82, 2.24) is 25.5 Å². The molecule has 1 aromatic rings. The fraction of sp³-hybridized carbons (Fsp3) is 0.625. The van der Waals surface area contributed by atoms with Crippen LogP contribution in [-0.2, 0) is 11.8 Å². The molecule has 0 saturated carbocycles. The van der Waals surface area contributed by atoms with E-state index < -0.39 is 12.0 Å². The highest BCUT2D eigenvalue weighted by atomic mass is 16.4. The first-order valence-corrected chi connectivity index (χ1v) is 4.98. The van der Waals surface area contributed by atoms with E-state index >= 15 is 0 Å². The van der Waals surface area contributed by atoms with Gasteiger partial charge in [0.05, 0.1) is 7.05 Å². The van der Waals surface area contributed by atoms with Gasteiger partial charge in [-0.2, -0.15) is 4.80 Å². The van der Waals surface area contributed by atoms with Crippen molar-refractivity contribution >= 4 is 17.9 Å². The van der Waals surface area contributed by atoms with E-state index in [-0.39, 0.29) is 24.8 Å². The lowest BCUT2D eigenvalue weighted by Crippen LogP contribution is -2.33. The summed E-state index contributed by atoms with van der Waals surface area (Å²) >= 11 is 0. The number of carboxylic acids is 1. The molecular weight excluding hydrogens is 228 g/mol. The number of carbonyl (C=O) groups excluding carboxylic acids is 1.